The Morgan fingerprint density at radius 3 is 2.85 bits per heavy atom. The molecule has 1 aliphatic rings. The van der Waals surface area contributed by atoms with Crippen LogP contribution in [-0.4, -0.2) is 51.2 Å². The Morgan fingerprint density at radius 2 is 2.15 bits per heavy atom. The average Bonchev–Trinajstić information content (AvgIpc) is 3.06. The Morgan fingerprint density at radius 1 is 1.35 bits per heavy atom. The lowest BCUT2D eigenvalue weighted by atomic mass is 10.00. The number of carbonyl (C=O) groups excluding carboxylic acids is 1. The minimum absolute atomic E-state index is 0.214. The minimum Gasteiger partial charge on any atom is -0.383 e. The summed E-state index contributed by atoms with van der Waals surface area (Å²) in [6.45, 7) is 3.18. The van der Waals surface area contributed by atoms with E-state index in [1.807, 2.05) is 0 Å². The van der Waals surface area contributed by atoms with Crippen LogP contribution in [0.1, 0.15) is 27.4 Å². The lowest BCUT2D eigenvalue weighted by Crippen LogP contribution is -2.36. The van der Waals surface area contributed by atoms with Crippen LogP contribution in [0.2, 0.25) is 0 Å². The highest BCUT2D eigenvalue weighted by molar-refractivity contribution is 7.89. The molecule has 1 aliphatic heterocycles. The number of rotatable bonds is 6. The van der Waals surface area contributed by atoms with E-state index in [-0.39, 0.29) is 23.1 Å². The molecule has 2 aromatic rings. The summed E-state index contributed by atoms with van der Waals surface area (Å²) in [6, 6.07) is 6.59. The van der Waals surface area contributed by atoms with Gasteiger partial charge in [-0.05, 0) is 36.6 Å². The highest BCUT2D eigenvalue weighted by atomic mass is 32.2. The third-order valence-corrected chi connectivity index (χ3v) is 5.68. The molecule has 0 aliphatic carbocycles. The molecule has 0 saturated heterocycles. The summed E-state index contributed by atoms with van der Waals surface area (Å²) in [5, 5.41) is 3.74. The van der Waals surface area contributed by atoms with Crippen LogP contribution in [0, 0.1) is 6.92 Å². The molecule has 3 rings (SSSR count). The van der Waals surface area contributed by atoms with Gasteiger partial charge >= 0.3 is 0 Å². The molecular weight excluding hydrogens is 358 g/mol. The number of nitrogens with one attached hydrogen (secondary N) is 1. The van der Waals surface area contributed by atoms with Crippen LogP contribution >= 0.6 is 0 Å². The Bertz CT molecular complexity index is 907. The predicted octanol–water partition coefficient (Wildman–Crippen LogP) is 1.11. The van der Waals surface area contributed by atoms with Gasteiger partial charge in [-0.2, -0.15) is 0 Å². The fourth-order valence-corrected chi connectivity index (χ4v) is 3.91. The molecule has 8 nitrogen and oxygen atoms in total. The van der Waals surface area contributed by atoms with Crippen molar-refractivity contribution in [3.63, 3.8) is 0 Å². The largest absolute Gasteiger partial charge is 0.383 e. The second-order valence-electron chi connectivity index (χ2n) is 6.13. The lowest BCUT2D eigenvalue weighted by Gasteiger charge is -2.28. The molecule has 0 spiro atoms. The molecule has 1 aromatic heterocycles. The molecule has 0 radical (unpaired) electrons. The van der Waals surface area contributed by atoms with Crippen LogP contribution in [-0.2, 0) is 27.7 Å². The number of fused-ring (bicyclic) bond motifs is 1. The topological polar surface area (TPSA) is 102 Å². The maximum absolute atomic E-state index is 12.5. The Balaban J connectivity index is 1.74. The van der Waals surface area contributed by atoms with E-state index in [0.29, 0.717) is 31.8 Å². The number of carbonyl (C=O) groups is 1. The smallest absolute Gasteiger partial charge is 0.292 e. The standard InChI is InChI=1S/C17H21N3O5S/c1-12-9-16(25-19-12)17(21)20-7-5-13-10-15(4-3-14(13)11-20)26(22,23)18-6-8-24-2/h3-4,9-10,18H,5-8,11H2,1-2H3. The first-order chi connectivity index (χ1) is 12.4. The fraction of sp³-hybridized carbons (Fsp3) is 0.412. The van der Waals surface area contributed by atoms with Crippen molar-refractivity contribution in [2.24, 2.45) is 0 Å². The van der Waals surface area contributed by atoms with E-state index in [0.717, 1.165) is 11.1 Å². The van der Waals surface area contributed by atoms with Crippen molar-refractivity contribution >= 4 is 15.9 Å². The zero-order valence-corrected chi connectivity index (χ0v) is 15.5. The SMILES string of the molecule is COCCNS(=O)(=O)c1ccc2c(c1)CCN(C(=O)c1cc(C)no1)C2. The van der Waals surface area contributed by atoms with Crippen molar-refractivity contribution in [2.75, 3.05) is 26.8 Å². The zero-order valence-electron chi connectivity index (χ0n) is 14.7. The summed E-state index contributed by atoms with van der Waals surface area (Å²) in [6.07, 6.45) is 0.579. The van der Waals surface area contributed by atoms with E-state index < -0.39 is 10.0 Å². The monoisotopic (exact) mass is 379 g/mol. The maximum Gasteiger partial charge on any atom is 0.292 e. The zero-order chi connectivity index (χ0) is 18.7. The van der Waals surface area contributed by atoms with Crippen molar-refractivity contribution in [3.8, 4) is 0 Å². The number of benzene rings is 1. The van der Waals surface area contributed by atoms with Crippen LogP contribution in [0.15, 0.2) is 33.7 Å². The number of methoxy groups -OCH3 is 1. The minimum atomic E-state index is -3.57. The molecule has 1 aromatic carbocycles. The summed E-state index contributed by atoms with van der Waals surface area (Å²) in [7, 11) is -2.06. The molecule has 0 bridgehead atoms. The third kappa shape index (κ3) is 3.95. The first-order valence-corrected chi connectivity index (χ1v) is 9.72. The number of ether oxygens (including phenoxy) is 1. The summed E-state index contributed by atoms with van der Waals surface area (Å²) < 4.78 is 37.0. The molecule has 0 saturated carbocycles. The molecule has 1 N–H and O–H groups in total. The van der Waals surface area contributed by atoms with Crippen LogP contribution in [0.3, 0.4) is 0 Å². The van der Waals surface area contributed by atoms with Gasteiger partial charge < -0.3 is 14.2 Å². The number of aromatic nitrogens is 1. The predicted molar refractivity (Wildman–Crippen MR) is 93.2 cm³/mol. The maximum atomic E-state index is 12.5. The first kappa shape index (κ1) is 18.6. The Kier molecular flexibility index (Phi) is 5.40. The number of sulfonamides is 1. The van der Waals surface area contributed by atoms with Crippen molar-refractivity contribution in [1.29, 1.82) is 0 Å². The van der Waals surface area contributed by atoms with Gasteiger partial charge in [0.15, 0.2) is 0 Å². The van der Waals surface area contributed by atoms with Gasteiger partial charge in [-0.15, -0.1) is 0 Å². The molecule has 0 atom stereocenters. The second kappa shape index (κ2) is 7.56. The molecule has 26 heavy (non-hydrogen) atoms. The van der Waals surface area contributed by atoms with Crippen LogP contribution in [0.25, 0.3) is 0 Å². The Hall–Kier alpha value is -2.23. The quantitative estimate of drug-likeness (QED) is 0.755. The van der Waals surface area contributed by atoms with Crippen LogP contribution < -0.4 is 4.72 Å². The van der Waals surface area contributed by atoms with Gasteiger partial charge in [-0.3, -0.25) is 4.79 Å². The number of aryl methyl sites for hydroxylation is 1. The number of hydrogen-bond acceptors (Lipinski definition) is 6. The molecule has 2 heterocycles. The first-order valence-electron chi connectivity index (χ1n) is 8.24. The van der Waals surface area contributed by atoms with Crippen molar-refractivity contribution in [2.45, 2.75) is 24.8 Å². The van der Waals surface area contributed by atoms with Gasteiger partial charge in [0.2, 0.25) is 15.8 Å². The fourth-order valence-electron chi connectivity index (χ4n) is 2.85. The Labute approximate surface area is 152 Å². The lowest BCUT2D eigenvalue weighted by molar-refractivity contribution is 0.0692. The summed E-state index contributed by atoms with van der Waals surface area (Å²) >= 11 is 0. The van der Waals surface area contributed by atoms with E-state index in [1.54, 1.807) is 36.1 Å². The highest BCUT2D eigenvalue weighted by Gasteiger charge is 2.25. The normalized spacial score (nSPS) is 14.3. The third-order valence-electron chi connectivity index (χ3n) is 4.22. The van der Waals surface area contributed by atoms with E-state index in [1.165, 1.54) is 7.11 Å². The molecular formula is C17H21N3O5S. The summed E-state index contributed by atoms with van der Waals surface area (Å²) in [5.74, 6) is 0.00155. The van der Waals surface area contributed by atoms with Crippen molar-refractivity contribution in [3.05, 3.63) is 46.8 Å². The molecule has 140 valence electrons. The van der Waals surface area contributed by atoms with Crippen LogP contribution in [0.4, 0.5) is 0 Å². The van der Waals surface area contributed by atoms with Gasteiger partial charge in [-0.1, -0.05) is 11.2 Å². The van der Waals surface area contributed by atoms with E-state index >= 15 is 0 Å². The second-order valence-corrected chi connectivity index (χ2v) is 7.90. The van der Waals surface area contributed by atoms with Crippen LogP contribution in [0.5, 0.6) is 0 Å². The number of hydrogen-bond donors (Lipinski definition) is 1. The van der Waals surface area contributed by atoms with E-state index in [4.69, 9.17) is 9.26 Å². The van der Waals surface area contributed by atoms with Crippen molar-refractivity contribution < 1.29 is 22.5 Å². The van der Waals surface area contributed by atoms with Crippen molar-refractivity contribution in [1.82, 2.24) is 14.8 Å². The number of amides is 1. The summed E-state index contributed by atoms with van der Waals surface area (Å²) in [4.78, 5) is 14.4. The van der Waals surface area contributed by atoms with Gasteiger partial charge in [0.05, 0.1) is 17.2 Å². The van der Waals surface area contributed by atoms with Gasteiger partial charge in [0.1, 0.15) is 0 Å². The van der Waals surface area contributed by atoms with Gasteiger partial charge in [-0.25, -0.2) is 13.1 Å². The summed E-state index contributed by atoms with van der Waals surface area (Å²) in [5.41, 5.74) is 2.51. The van der Waals surface area contributed by atoms with E-state index in [2.05, 4.69) is 9.88 Å². The average molecular weight is 379 g/mol. The van der Waals surface area contributed by atoms with Gasteiger partial charge in [0.25, 0.3) is 5.91 Å². The molecule has 0 unspecified atom stereocenters. The van der Waals surface area contributed by atoms with E-state index in [9.17, 15) is 13.2 Å². The molecule has 9 heteroatoms. The highest BCUT2D eigenvalue weighted by Crippen LogP contribution is 2.23. The van der Waals surface area contributed by atoms with Gasteiger partial charge in [0, 0.05) is 32.8 Å². The molecule has 0 fully saturated rings. The number of nitrogens with zero attached hydrogens (tertiary/aromatic N) is 2. The molecule has 1 amide bonds.